The predicted molar refractivity (Wildman–Crippen MR) is 76.2 cm³/mol. The van der Waals surface area contributed by atoms with Gasteiger partial charge in [0, 0.05) is 13.1 Å². The first kappa shape index (κ1) is 13.6. The van der Waals surface area contributed by atoms with Gasteiger partial charge in [0.05, 0.1) is 12.7 Å². The summed E-state index contributed by atoms with van der Waals surface area (Å²) in [5, 5.41) is 3.41. The number of aryl methyl sites for hydroxylation is 2. The van der Waals surface area contributed by atoms with Crippen LogP contribution in [0.15, 0.2) is 12.1 Å². The Kier molecular flexibility index (Phi) is 3.79. The van der Waals surface area contributed by atoms with Gasteiger partial charge in [0.25, 0.3) is 0 Å². The second-order valence-electron chi connectivity index (χ2n) is 6.34. The highest BCUT2D eigenvalue weighted by molar-refractivity contribution is 5.42. The second-order valence-corrected chi connectivity index (χ2v) is 6.34. The van der Waals surface area contributed by atoms with Crippen LogP contribution in [0.25, 0.3) is 0 Å². The van der Waals surface area contributed by atoms with Gasteiger partial charge in [-0.15, -0.1) is 0 Å². The van der Waals surface area contributed by atoms with Crippen molar-refractivity contribution in [3.05, 3.63) is 34.4 Å². The summed E-state index contributed by atoms with van der Waals surface area (Å²) in [6, 6.07) is 4.64. The molecule has 1 N–H and O–H groups in total. The number of benzene rings is 1. The first-order valence-corrected chi connectivity index (χ1v) is 6.83. The molecular weight excluding hydrogens is 222 g/mol. The lowest BCUT2D eigenvalue weighted by Crippen LogP contribution is -2.34. The molecule has 18 heavy (non-hydrogen) atoms. The van der Waals surface area contributed by atoms with Crippen LogP contribution >= 0.6 is 0 Å². The normalized spacial score (nSPS) is 21.1. The van der Waals surface area contributed by atoms with Crippen molar-refractivity contribution in [1.82, 2.24) is 5.32 Å². The number of nitrogens with one attached hydrogen (secondary N) is 1. The SMILES string of the molecule is Cc1cc(C(C)(C)C)cc(C)c1C1CNCCO1. The van der Waals surface area contributed by atoms with Crippen LogP contribution in [-0.4, -0.2) is 19.7 Å². The van der Waals surface area contributed by atoms with Gasteiger partial charge in [-0.1, -0.05) is 32.9 Å². The lowest BCUT2D eigenvalue weighted by molar-refractivity contribution is 0.0269. The fourth-order valence-electron chi connectivity index (χ4n) is 2.67. The summed E-state index contributed by atoms with van der Waals surface area (Å²) in [6.45, 7) is 13.9. The number of hydrogen-bond donors (Lipinski definition) is 1. The van der Waals surface area contributed by atoms with E-state index in [1.54, 1.807) is 0 Å². The maximum absolute atomic E-state index is 5.89. The molecule has 1 atom stereocenters. The highest BCUT2D eigenvalue weighted by Crippen LogP contribution is 2.31. The van der Waals surface area contributed by atoms with Crippen molar-refractivity contribution in [2.75, 3.05) is 19.7 Å². The third kappa shape index (κ3) is 2.76. The van der Waals surface area contributed by atoms with Gasteiger partial charge in [0.15, 0.2) is 0 Å². The van der Waals surface area contributed by atoms with Gasteiger partial charge in [0.1, 0.15) is 0 Å². The molecule has 100 valence electrons. The van der Waals surface area contributed by atoms with E-state index < -0.39 is 0 Å². The largest absolute Gasteiger partial charge is 0.371 e. The minimum absolute atomic E-state index is 0.208. The quantitative estimate of drug-likeness (QED) is 0.822. The average molecular weight is 247 g/mol. The Morgan fingerprint density at radius 3 is 2.22 bits per heavy atom. The van der Waals surface area contributed by atoms with Crippen molar-refractivity contribution in [2.45, 2.75) is 46.1 Å². The minimum atomic E-state index is 0.208. The maximum Gasteiger partial charge on any atom is 0.0954 e. The van der Waals surface area contributed by atoms with E-state index in [2.05, 4.69) is 52.1 Å². The summed E-state index contributed by atoms with van der Waals surface area (Å²) in [7, 11) is 0. The van der Waals surface area contributed by atoms with Crippen molar-refractivity contribution in [3.8, 4) is 0 Å². The standard InChI is InChI=1S/C16H25NO/c1-11-8-13(16(3,4)5)9-12(2)15(11)14-10-17-6-7-18-14/h8-9,14,17H,6-7,10H2,1-5H3. The van der Waals surface area contributed by atoms with E-state index in [4.69, 9.17) is 4.74 Å². The second kappa shape index (κ2) is 5.02. The maximum atomic E-state index is 5.89. The van der Waals surface area contributed by atoms with Crippen LogP contribution in [0.3, 0.4) is 0 Å². The van der Waals surface area contributed by atoms with Crippen molar-refractivity contribution >= 4 is 0 Å². The fraction of sp³-hybridized carbons (Fsp3) is 0.625. The van der Waals surface area contributed by atoms with Crippen molar-refractivity contribution < 1.29 is 4.74 Å². The molecule has 1 heterocycles. The molecule has 2 rings (SSSR count). The van der Waals surface area contributed by atoms with E-state index in [9.17, 15) is 0 Å². The lowest BCUT2D eigenvalue weighted by atomic mass is 9.83. The fourth-order valence-corrected chi connectivity index (χ4v) is 2.67. The van der Waals surface area contributed by atoms with E-state index >= 15 is 0 Å². The Morgan fingerprint density at radius 1 is 1.17 bits per heavy atom. The molecule has 2 nitrogen and oxygen atoms in total. The molecule has 0 radical (unpaired) electrons. The van der Waals surface area contributed by atoms with Crippen LogP contribution in [-0.2, 0) is 10.2 Å². The number of morpholine rings is 1. The molecule has 1 aliphatic rings. The van der Waals surface area contributed by atoms with Crippen molar-refractivity contribution in [3.63, 3.8) is 0 Å². The first-order chi connectivity index (χ1) is 8.39. The van der Waals surface area contributed by atoms with Crippen molar-refractivity contribution in [1.29, 1.82) is 0 Å². The Hall–Kier alpha value is -0.860. The van der Waals surface area contributed by atoms with E-state index in [1.807, 2.05) is 0 Å². The molecule has 1 saturated heterocycles. The smallest absolute Gasteiger partial charge is 0.0954 e. The molecule has 0 aliphatic carbocycles. The molecule has 1 unspecified atom stereocenters. The topological polar surface area (TPSA) is 21.3 Å². The Labute approximate surface area is 111 Å². The molecular formula is C16H25NO. The third-order valence-corrected chi connectivity index (χ3v) is 3.71. The van der Waals surface area contributed by atoms with E-state index in [-0.39, 0.29) is 11.5 Å². The zero-order chi connectivity index (χ0) is 13.3. The van der Waals surface area contributed by atoms with Crippen LogP contribution in [0, 0.1) is 13.8 Å². The molecule has 0 saturated carbocycles. The summed E-state index contributed by atoms with van der Waals surface area (Å²) >= 11 is 0. The van der Waals surface area contributed by atoms with Crippen LogP contribution in [0.5, 0.6) is 0 Å². The Morgan fingerprint density at radius 2 is 1.78 bits per heavy atom. The molecule has 0 amide bonds. The molecule has 0 aromatic heterocycles. The van der Waals surface area contributed by atoms with Gasteiger partial charge in [-0.05, 0) is 41.5 Å². The molecule has 1 aromatic carbocycles. The van der Waals surface area contributed by atoms with E-state index in [1.165, 1.54) is 22.3 Å². The van der Waals surface area contributed by atoms with Crippen LogP contribution in [0.2, 0.25) is 0 Å². The zero-order valence-corrected chi connectivity index (χ0v) is 12.3. The molecule has 2 heteroatoms. The van der Waals surface area contributed by atoms with Gasteiger partial charge in [0.2, 0.25) is 0 Å². The Balaban J connectivity index is 2.37. The first-order valence-electron chi connectivity index (χ1n) is 6.83. The molecule has 0 bridgehead atoms. The van der Waals surface area contributed by atoms with Gasteiger partial charge in [-0.2, -0.15) is 0 Å². The summed E-state index contributed by atoms with van der Waals surface area (Å²) in [5.74, 6) is 0. The number of ether oxygens (including phenoxy) is 1. The van der Waals surface area contributed by atoms with E-state index in [0.29, 0.717) is 0 Å². The summed E-state index contributed by atoms with van der Waals surface area (Å²) in [6.07, 6.45) is 0.216. The van der Waals surface area contributed by atoms with Crippen molar-refractivity contribution in [2.24, 2.45) is 0 Å². The van der Waals surface area contributed by atoms with Gasteiger partial charge in [-0.25, -0.2) is 0 Å². The highest BCUT2D eigenvalue weighted by atomic mass is 16.5. The monoisotopic (exact) mass is 247 g/mol. The lowest BCUT2D eigenvalue weighted by Gasteiger charge is -2.29. The number of rotatable bonds is 1. The summed E-state index contributed by atoms with van der Waals surface area (Å²) < 4.78 is 5.89. The molecule has 1 aromatic rings. The molecule has 0 spiro atoms. The van der Waals surface area contributed by atoms with E-state index in [0.717, 1.165) is 19.7 Å². The zero-order valence-electron chi connectivity index (χ0n) is 12.3. The van der Waals surface area contributed by atoms with Crippen LogP contribution < -0.4 is 5.32 Å². The molecule has 1 fully saturated rings. The minimum Gasteiger partial charge on any atom is -0.371 e. The predicted octanol–water partition coefficient (Wildman–Crippen LogP) is 3.26. The van der Waals surface area contributed by atoms with Crippen LogP contribution in [0.4, 0.5) is 0 Å². The summed E-state index contributed by atoms with van der Waals surface area (Å²) in [4.78, 5) is 0. The van der Waals surface area contributed by atoms with Gasteiger partial charge in [-0.3, -0.25) is 0 Å². The van der Waals surface area contributed by atoms with Gasteiger partial charge >= 0.3 is 0 Å². The Bertz CT molecular complexity index is 402. The average Bonchev–Trinajstić information content (AvgIpc) is 2.28. The van der Waals surface area contributed by atoms with Crippen LogP contribution in [0.1, 0.15) is 49.1 Å². The summed E-state index contributed by atoms with van der Waals surface area (Å²) in [5.41, 5.74) is 5.70. The highest BCUT2D eigenvalue weighted by Gasteiger charge is 2.22. The molecule has 1 aliphatic heterocycles. The van der Waals surface area contributed by atoms with Gasteiger partial charge < -0.3 is 10.1 Å². The third-order valence-electron chi connectivity index (χ3n) is 3.71. The number of hydrogen-bond acceptors (Lipinski definition) is 2.